The zero-order valence-corrected chi connectivity index (χ0v) is 15.9. The molecule has 23 heavy (non-hydrogen) atoms. The molecule has 130 valence electrons. The molecule has 0 amide bonds. The van der Waals surface area contributed by atoms with E-state index in [9.17, 15) is 5.21 Å². The highest BCUT2D eigenvalue weighted by molar-refractivity contribution is 5.26. The lowest BCUT2D eigenvalue weighted by Gasteiger charge is -2.52. The maximum Gasteiger partial charge on any atom is 0.0425 e. The van der Waals surface area contributed by atoms with Crippen molar-refractivity contribution in [2.75, 3.05) is 0 Å². The third kappa shape index (κ3) is 4.14. The van der Waals surface area contributed by atoms with Crippen LogP contribution in [0.25, 0.3) is 0 Å². The average molecular weight is 319 g/mol. The van der Waals surface area contributed by atoms with Crippen LogP contribution in [0.3, 0.4) is 0 Å². The second-order valence-electron chi connectivity index (χ2n) is 8.75. The van der Waals surface area contributed by atoms with Gasteiger partial charge in [-0.3, -0.25) is 0 Å². The van der Waals surface area contributed by atoms with Crippen LogP contribution in [0.4, 0.5) is 0 Å². The van der Waals surface area contributed by atoms with Gasteiger partial charge in [0.1, 0.15) is 0 Å². The van der Waals surface area contributed by atoms with Crippen molar-refractivity contribution in [1.29, 1.82) is 0 Å². The minimum atomic E-state index is -0.208. The molecule has 0 bridgehead atoms. The summed E-state index contributed by atoms with van der Waals surface area (Å²) in [6.07, 6.45) is 1.89. The summed E-state index contributed by atoms with van der Waals surface area (Å²) in [4.78, 5) is 0. The smallest absolute Gasteiger partial charge is 0.0425 e. The zero-order valence-electron chi connectivity index (χ0n) is 15.9. The highest BCUT2D eigenvalue weighted by Crippen LogP contribution is 2.37. The third-order valence-electron chi connectivity index (χ3n) is 5.23. The molecule has 0 aromatic heterocycles. The van der Waals surface area contributed by atoms with E-state index in [2.05, 4.69) is 78.0 Å². The maximum absolute atomic E-state index is 10.4. The lowest BCUT2D eigenvalue weighted by molar-refractivity contribution is -0.246. The van der Waals surface area contributed by atoms with E-state index in [-0.39, 0.29) is 11.1 Å². The Bertz CT molecular complexity index is 501. The van der Waals surface area contributed by atoms with Gasteiger partial charge < -0.3 is 10.5 Å². The molecule has 0 radical (unpaired) electrons. The molecule has 2 rings (SSSR count). The summed E-state index contributed by atoms with van der Waals surface area (Å²) in [6.45, 7) is 15.1. The van der Waals surface area contributed by atoms with E-state index in [4.69, 9.17) is 0 Å². The van der Waals surface area contributed by atoms with Gasteiger partial charge in [-0.25, -0.2) is 0 Å². The van der Waals surface area contributed by atoms with E-state index < -0.39 is 0 Å². The van der Waals surface area contributed by atoms with Crippen LogP contribution in [0.5, 0.6) is 0 Å². The van der Waals surface area contributed by atoms with Crippen molar-refractivity contribution in [3.8, 4) is 0 Å². The van der Waals surface area contributed by atoms with Crippen molar-refractivity contribution in [3.05, 3.63) is 35.4 Å². The number of hydrogen-bond donors (Lipinski definition) is 2. The van der Waals surface area contributed by atoms with Crippen LogP contribution in [0.2, 0.25) is 0 Å². The average Bonchev–Trinajstić information content (AvgIpc) is 2.44. The quantitative estimate of drug-likeness (QED) is 0.831. The highest BCUT2D eigenvalue weighted by atomic mass is 16.5. The van der Waals surface area contributed by atoms with E-state index in [1.165, 1.54) is 11.1 Å². The standard InChI is InChI=1S/C20H34N2O/c1-14(2)16-8-10-17(11-9-16)15(3)21-18-12-19(4,5)22(23)20(6,7)13-18/h8-11,14-15,18,21,23H,12-13H2,1-7H3. The number of hydrogen-bond acceptors (Lipinski definition) is 3. The molecular weight excluding hydrogens is 284 g/mol. The molecule has 1 aliphatic heterocycles. The van der Waals surface area contributed by atoms with Crippen molar-refractivity contribution < 1.29 is 5.21 Å². The van der Waals surface area contributed by atoms with Crippen molar-refractivity contribution in [1.82, 2.24) is 10.4 Å². The third-order valence-corrected chi connectivity index (χ3v) is 5.23. The number of nitrogens with zero attached hydrogens (tertiary/aromatic N) is 1. The Morgan fingerprint density at radius 1 is 0.957 bits per heavy atom. The Morgan fingerprint density at radius 2 is 1.39 bits per heavy atom. The maximum atomic E-state index is 10.4. The number of piperidine rings is 1. The van der Waals surface area contributed by atoms with Crippen LogP contribution in [-0.2, 0) is 0 Å². The summed E-state index contributed by atoms with van der Waals surface area (Å²) in [5.74, 6) is 0.572. The zero-order chi connectivity index (χ0) is 17.4. The molecule has 1 atom stereocenters. The van der Waals surface area contributed by atoms with Crippen LogP contribution >= 0.6 is 0 Å². The summed E-state index contributed by atoms with van der Waals surface area (Å²) in [6, 6.07) is 9.68. The molecule has 0 spiro atoms. The van der Waals surface area contributed by atoms with Gasteiger partial charge in [0.2, 0.25) is 0 Å². The minimum Gasteiger partial charge on any atom is -0.313 e. The predicted molar refractivity (Wildman–Crippen MR) is 96.9 cm³/mol. The molecule has 3 nitrogen and oxygen atoms in total. The Balaban J connectivity index is 2.06. The van der Waals surface area contributed by atoms with Crippen LogP contribution in [0.1, 0.15) is 84.4 Å². The Morgan fingerprint density at radius 3 is 1.83 bits per heavy atom. The molecule has 1 aliphatic rings. The van der Waals surface area contributed by atoms with Gasteiger partial charge >= 0.3 is 0 Å². The normalized spacial score (nSPS) is 23.2. The molecule has 1 aromatic carbocycles. The molecule has 0 saturated carbocycles. The monoisotopic (exact) mass is 318 g/mol. The number of hydroxylamine groups is 2. The molecule has 1 saturated heterocycles. The van der Waals surface area contributed by atoms with Crippen LogP contribution < -0.4 is 5.32 Å². The first-order chi connectivity index (χ1) is 10.5. The van der Waals surface area contributed by atoms with E-state index in [0.29, 0.717) is 18.0 Å². The molecular formula is C20H34N2O. The molecule has 1 fully saturated rings. The van der Waals surface area contributed by atoms with Crippen molar-refractivity contribution >= 4 is 0 Å². The van der Waals surface area contributed by atoms with Crippen molar-refractivity contribution in [2.24, 2.45) is 0 Å². The summed E-state index contributed by atoms with van der Waals surface area (Å²) in [5.41, 5.74) is 2.30. The largest absolute Gasteiger partial charge is 0.313 e. The number of benzene rings is 1. The van der Waals surface area contributed by atoms with Gasteiger partial charge in [-0.1, -0.05) is 38.1 Å². The van der Waals surface area contributed by atoms with Crippen LogP contribution in [0, 0.1) is 0 Å². The Labute approximate surface area is 142 Å². The van der Waals surface area contributed by atoms with Crippen molar-refractivity contribution in [2.45, 2.75) is 90.4 Å². The first-order valence-corrected chi connectivity index (χ1v) is 8.88. The SMILES string of the molecule is CC(C)c1ccc(C(C)NC2CC(C)(C)N(O)C(C)(C)C2)cc1. The second kappa shape index (κ2) is 6.54. The van der Waals surface area contributed by atoms with E-state index in [0.717, 1.165) is 12.8 Å². The van der Waals surface area contributed by atoms with Gasteiger partial charge in [0.05, 0.1) is 0 Å². The summed E-state index contributed by atoms with van der Waals surface area (Å²) in [5, 5.41) is 15.7. The van der Waals surface area contributed by atoms with Gasteiger partial charge in [0.25, 0.3) is 0 Å². The van der Waals surface area contributed by atoms with E-state index >= 15 is 0 Å². The fraction of sp³-hybridized carbons (Fsp3) is 0.700. The summed E-state index contributed by atoms with van der Waals surface area (Å²) < 4.78 is 0. The van der Waals surface area contributed by atoms with Gasteiger partial charge in [0, 0.05) is 23.2 Å². The van der Waals surface area contributed by atoms with E-state index in [1.54, 1.807) is 5.06 Å². The highest BCUT2D eigenvalue weighted by Gasteiger charge is 2.45. The van der Waals surface area contributed by atoms with Crippen molar-refractivity contribution in [3.63, 3.8) is 0 Å². The summed E-state index contributed by atoms with van der Waals surface area (Å²) >= 11 is 0. The molecule has 1 heterocycles. The lowest BCUT2D eigenvalue weighted by atomic mass is 9.78. The van der Waals surface area contributed by atoms with Gasteiger partial charge in [0.15, 0.2) is 0 Å². The predicted octanol–water partition coefficient (Wildman–Crippen LogP) is 4.87. The Kier molecular flexibility index (Phi) is 5.24. The fourth-order valence-electron chi connectivity index (χ4n) is 4.01. The summed E-state index contributed by atoms with van der Waals surface area (Å²) in [7, 11) is 0. The van der Waals surface area contributed by atoms with Crippen LogP contribution in [0.15, 0.2) is 24.3 Å². The van der Waals surface area contributed by atoms with E-state index in [1.807, 2.05) is 0 Å². The molecule has 1 unspecified atom stereocenters. The second-order valence-corrected chi connectivity index (χ2v) is 8.75. The lowest BCUT2D eigenvalue weighted by Crippen LogP contribution is -2.62. The van der Waals surface area contributed by atoms with Gasteiger partial charge in [-0.05, 0) is 64.5 Å². The van der Waals surface area contributed by atoms with Crippen LogP contribution in [-0.4, -0.2) is 27.4 Å². The molecule has 2 N–H and O–H groups in total. The minimum absolute atomic E-state index is 0.208. The number of nitrogens with one attached hydrogen (secondary N) is 1. The molecule has 1 aromatic rings. The molecule has 0 aliphatic carbocycles. The topological polar surface area (TPSA) is 35.5 Å². The van der Waals surface area contributed by atoms with Gasteiger partial charge in [-0.2, -0.15) is 5.06 Å². The van der Waals surface area contributed by atoms with Gasteiger partial charge in [-0.15, -0.1) is 0 Å². The first kappa shape index (κ1) is 18.4. The first-order valence-electron chi connectivity index (χ1n) is 8.88. The number of rotatable bonds is 4. The molecule has 3 heteroatoms. The fourth-order valence-corrected chi connectivity index (χ4v) is 4.01. The Hall–Kier alpha value is -0.900.